The number of phenolic OH excluding ortho intramolecular Hbond substituents is 1. The lowest BCUT2D eigenvalue weighted by molar-refractivity contribution is 0.0719. The molecular weight excluding hydrogens is 248 g/mol. The standard InChI is InChI=1S/C14H19ClN2O/c15-12-1-2-14(18)11(7-12)8-16-13-9-17-5-3-10(13)4-6-17/h1-2,7,10,13,16,18H,3-6,8-9H2. The first-order chi connectivity index (χ1) is 8.72. The lowest BCUT2D eigenvalue weighted by atomic mass is 9.84. The van der Waals surface area contributed by atoms with Crippen LogP contribution in [0.1, 0.15) is 18.4 Å². The maximum atomic E-state index is 9.79. The lowest BCUT2D eigenvalue weighted by Crippen LogP contribution is -2.55. The molecule has 3 heterocycles. The fraction of sp³-hybridized carbons (Fsp3) is 0.571. The molecule has 4 rings (SSSR count). The molecule has 3 aliphatic rings. The van der Waals surface area contributed by atoms with Crippen LogP contribution in [0.5, 0.6) is 5.75 Å². The van der Waals surface area contributed by atoms with Gasteiger partial charge in [0.1, 0.15) is 5.75 Å². The Balaban J connectivity index is 1.62. The van der Waals surface area contributed by atoms with E-state index in [9.17, 15) is 5.11 Å². The molecule has 0 spiro atoms. The van der Waals surface area contributed by atoms with Crippen molar-refractivity contribution in [2.24, 2.45) is 5.92 Å². The summed E-state index contributed by atoms with van der Waals surface area (Å²) in [6, 6.07) is 5.78. The SMILES string of the molecule is Oc1ccc(Cl)cc1CNC1CN2CCC1CC2. The number of rotatable bonds is 3. The Hall–Kier alpha value is -0.770. The van der Waals surface area contributed by atoms with Crippen molar-refractivity contribution in [2.75, 3.05) is 19.6 Å². The maximum Gasteiger partial charge on any atom is 0.120 e. The number of nitrogens with zero attached hydrogens (tertiary/aromatic N) is 1. The normalized spacial score (nSPS) is 30.6. The first-order valence-corrected chi connectivity index (χ1v) is 7.03. The molecule has 0 aromatic heterocycles. The number of hydrogen-bond acceptors (Lipinski definition) is 3. The highest BCUT2D eigenvalue weighted by atomic mass is 35.5. The van der Waals surface area contributed by atoms with Gasteiger partial charge >= 0.3 is 0 Å². The van der Waals surface area contributed by atoms with Gasteiger partial charge in [0.2, 0.25) is 0 Å². The molecule has 2 N–H and O–H groups in total. The third-order valence-corrected chi connectivity index (χ3v) is 4.49. The molecule has 1 aromatic rings. The number of halogens is 1. The van der Waals surface area contributed by atoms with Crippen LogP contribution in [0.25, 0.3) is 0 Å². The minimum absolute atomic E-state index is 0.327. The van der Waals surface area contributed by atoms with Crippen LogP contribution in [0.4, 0.5) is 0 Å². The van der Waals surface area contributed by atoms with Crippen molar-refractivity contribution in [3.05, 3.63) is 28.8 Å². The number of hydrogen-bond donors (Lipinski definition) is 2. The van der Waals surface area contributed by atoms with Crippen molar-refractivity contribution in [2.45, 2.75) is 25.4 Å². The molecule has 18 heavy (non-hydrogen) atoms. The van der Waals surface area contributed by atoms with Gasteiger partial charge in [-0.3, -0.25) is 0 Å². The topological polar surface area (TPSA) is 35.5 Å². The predicted molar refractivity (Wildman–Crippen MR) is 72.9 cm³/mol. The van der Waals surface area contributed by atoms with Crippen LogP contribution in [0.15, 0.2) is 18.2 Å². The highest BCUT2D eigenvalue weighted by molar-refractivity contribution is 6.30. The molecule has 0 aliphatic carbocycles. The van der Waals surface area contributed by atoms with Gasteiger partial charge in [0.05, 0.1) is 0 Å². The van der Waals surface area contributed by atoms with Crippen molar-refractivity contribution in [3.8, 4) is 5.75 Å². The van der Waals surface area contributed by atoms with Crippen LogP contribution in [0.3, 0.4) is 0 Å². The Kier molecular flexibility index (Phi) is 3.46. The van der Waals surface area contributed by atoms with Crippen LogP contribution in [-0.4, -0.2) is 35.7 Å². The fourth-order valence-electron chi connectivity index (χ4n) is 3.13. The maximum absolute atomic E-state index is 9.79. The molecule has 0 amide bonds. The lowest BCUT2D eigenvalue weighted by Gasteiger charge is -2.45. The van der Waals surface area contributed by atoms with Crippen LogP contribution < -0.4 is 5.32 Å². The van der Waals surface area contributed by atoms with E-state index >= 15 is 0 Å². The van der Waals surface area contributed by atoms with Crippen molar-refractivity contribution in [3.63, 3.8) is 0 Å². The van der Waals surface area contributed by atoms with Gasteiger partial charge in [-0.1, -0.05) is 11.6 Å². The summed E-state index contributed by atoms with van der Waals surface area (Å²) >= 11 is 5.95. The summed E-state index contributed by atoms with van der Waals surface area (Å²) in [6.07, 6.45) is 2.61. The molecule has 3 aliphatic heterocycles. The van der Waals surface area contributed by atoms with E-state index in [0.29, 0.717) is 23.4 Å². The molecule has 98 valence electrons. The van der Waals surface area contributed by atoms with Crippen LogP contribution in [0.2, 0.25) is 5.02 Å². The van der Waals surface area contributed by atoms with Gasteiger partial charge in [0.15, 0.2) is 0 Å². The molecule has 3 nitrogen and oxygen atoms in total. The van der Waals surface area contributed by atoms with Crippen LogP contribution in [0, 0.1) is 5.92 Å². The van der Waals surface area contributed by atoms with Crippen molar-refractivity contribution in [1.82, 2.24) is 10.2 Å². The summed E-state index contributed by atoms with van der Waals surface area (Å²) in [4.78, 5) is 2.52. The zero-order valence-corrected chi connectivity index (χ0v) is 11.2. The quantitative estimate of drug-likeness (QED) is 0.881. The van der Waals surface area contributed by atoms with Gasteiger partial charge in [-0.05, 0) is 50.0 Å². The molecule has 3 saturated heterocycles. The van der Waals surface area contributed by atoms with E-state index in [1.54, 1.807) is 12.1 Å². The average Bonchev–Trinajstić information content (AvgIpc) is 2.41. The van der Waals surface area contributed by atoms with Crippen LogP contribution >= 0.6 is 11.6 Å². The minimum atomic E-state index is 0.327. The summed E-state index contributed by atoms with van der Waals surface area (Å²) in [7, 11) is 0. The minimum Gasteiger partial charge on any atom is -0.508 e. The summed E-state index contributed by atoms with van der Waals surface area (Å²) in [5.74, 6) is 1.13. The molecule has 0 saturated carbocycles. The van der Waals surface area contributed by atoms with Gasteiger partial charge in [-0.25, -0.2) is 0 Å². The molecule has 4 heteroatoms. The van der Waals surface area contributed by atoms with Gasteiger partial charge < -0.3 is 15.3 Å². The molecule has 2 bridgehead atoms. The van der Waals surface area contributed by atoms with E-state index in [4.69, 9.17) is 11.6 Å². The second kappa shape index (κ2) is 5.08. The third-order valence-electron chi connectivity index (χ3n) is 4.25. The number of piperidine rings is 3. The summed E-state index contributed by atoms with van der Waals surface area (Å²) in [6.45, 7) is 4.35. The number of nitrogens with one attached hydrogen (secondary N) is 1. The first-order valence-electron chi connectivity index (χ1n) is 6.65. The van der Waals surface area contributed by atoms with Gasteiger partial charge in [-0.15, -0.1) is 0 Å². The molecule has 3 fully saturated rings. The molecular formula is C14H19ClN2O. The van der Waals surface area contributed by atoms with E-state index in [-0.39, 0.29) is 0 Å². The molecule has 1 unspecified atom stereocenters. The predicted octanol–water partition coefficient (Wildman–Crippen LogP) is 2.23. The van der Waals surface area contributed by atoms with Gasteiger partial charge in [0.25, 0.3) is 0 Å². The van der Waals surface area contributed by atoms with Crippen molar-refractivity contribution < 1.29 is 5.11 Å². The van der Waals surface area contributed by atoms with E-state index in [1.807, 2.05) is 6.07 Å². The summed E-state index contributed by atoms with van der Waals surface area (Å²) in [5, 5.41) is 14.0. The Morgan fingerprint density at radius 1 is 1.33 bits per heavy atom. The monoisotopic (exact) mass is 266 g/mol. The summed E-state index contributed by atoms with van der Waals surface area (Å²) in [5.41, 5.74) is 0.888. The Morgan fingerprint density at radius 2 is 2.11 bits per heavy atom. The third kappa shape index (κ3) is 2.48. The Labute approximate surface area is 113 Å². The fourth-order valence-corrected chi connectivity index (χ4v) is 3.33. The van der Waals surface area contributed by atoms with E-state index in [0.717, 1.165) is 18.0 Å². The summed E-state index contributed by atoms with van der Waals surface area (Å²) < 4.78 is 0. The number of benzene rings is 1. The second-order valence-corrected chi connectivity index (χ2v) is 5.83. The first kappa shape index (κ1) is 12.3. The van der Waals surface area contributed by atoms with Crippen LogP contribution in [-0.2, 0) is 6.54 Å². The smallest absolute Gasteiger partial charge is 0.120 e. The van der Waals surface area contributed by atoms with Gasteiger partial charge in [0, 0.05) is 29.7 Å². The van der Waals surface area contributed by atoms with E-state index < -0.39 is 0 Å². The number of phenols is 1. The highest BCUT2D eigenvalue weighted by Crippen LogP contribution is 2.28. The number of fused-ring (bicyclic) bond motifs is 3. The largest absolute Gasteiger partial charge is 0.508 e. The molecule has 0 radical (unpaired) electrons. The van der Waals surface area contributed by atoms with Crippen molar-refractivity contribution >= 4 is 11.6 Å². The second-order valence-electron chi connectivity index (χ2n) is 5.40. The van der Waals surface area contributed by atoms with Crippen molar-refractivity contribution in [1.29, 1.82) is 0 Å². The van der Waals surface area contributed by atoms with E-state index in [1.165, 1.54) is 25.9 Å². The van der Waals surface area contributed by atoms with E-state index in [2.05, 4.69) is 10.2 Å². The van der Waals surface area contributed by atoms with Gasteiger partial charge in [-0.2, -0.15) is 0 Å². The Bertz CT molecular complexity index is 430. The average molecular weight is 267 g/mol. The molecule has 1 aromatic carbocycles. The molecule has 1 atom stereocenters. The zero-order chi connectivity index (χ0) is 12.5. The number of aromatic hydroxyl groups is 1. The Morgan fingerprint density at radius 3 is 2.78 bits per heavy atom. The highest BCUT2D eigenvalue weighted by Gasteiger charge is 2.33. The zero-order valence-electron chi connectivity index (χ0n) is 10.4.